The van der Waals surface area contributed by atoms with Crippen LogP contribution in [0.15, 0.2) is 30.9 Å². The van der Waals surface area contributed by atoms with E-state index in [0.29, 0.717) is 10.0 Å². The van der Waals surface area contributed by atoms with E-state index in [1.165, 1.54) is 0 Å². The third kappa shape index (κ3) is 3.84. The zero-order chi connectivity index (χ0) is 11.3. The monoisotopic (exact) mass is 244 g/mol. The topological polar surface area (TPSA) is 38.0 Å². The Balaban J connectivity index is 2.74. The van der Waals surface area contributed by atoms with Crippen LogP contribution in [0.3, 0.4) is 0 Å². The van der Waals surface area contributed by atoms with Crippen molar-refractivity contribution in [1.29, 1.82) is 0 Å². The van der Waals surface area contributed by atoms with Crippen molar-refractivity contribution in [2.24, 2.45) is 5.84 Å². The van der Waals surface area contributed by atoms with E-state index in [-0.39, 0.29) is 6.04 Å². The van der Waals surface area contributed by atoms with E-state index in [1.54, 1.807) is 6.07 Å². The van der Waals surface area contributed by atoms with Gasteiger partial charge in [0.1, 0.15) is 0 Å². The quantitative estimate of drug-likeness (QED) is 0.475. The number of rotatable bonds is 5. The van der Waals surface area contributed by atoms with Gasteiger partial charge >= 0.3 is 0 Å². The molecule has 1 aromatic rings. The first-order valence-corrected chi connectivity index (χ1v) is 5.44. The summed E-state index contributed by atoms with van der Waals surface area (Å²) >= 11 is 11.9. The van der Waals surface area contributed by atoms with Crippen molar-refractivity contribution in [3.63, 3.8) is 0 Å². The fourth-order valence-electron chi connectivity index (χ4n) is 1.36. The lowest BCUT2D eigenvalue weighted by Gasteiger charge is -2.14. The molecule has 82 valence electrons. The Labute approximate surface area is 100 Å². The third-order valence-electron chi connectivity index (χ3n) is 2.17. The van der Waals surface area contributed by atoms with E-state index in [0.717, 1.165) is 18.4 Å². The standard InChI is InChI=1S/C11H14Cl2N2/c1-2-3-10(15-14)6-8-4-5-9(12)7-11(8)13/h2,4-5,7,10,15H,1,3,6,14H2. The molecule has 1 aromatic carbocycles. The van der Waals surface area contributed by atoms with Crippen LogP contribution in [0.4, 0.5) is 0 Å². The molecule has 15 heavy (non-hydrogen) atoms. The summed E-state index contributed by atoms with van der Waals surface area (Å²) in [5, 5.41) is 1.32. The maximum atomic E-state index is 6.05. The van der Waals surface area contributed by atoms with Crippen molar-refractivity contribution < 1.29 is 0 Å². The Kier molecular flexibility index (Phi) is 5.12. The van der Waals surface area contributed by atoms with Crippen LogP contribution < -0.4 is 11.3 Å². The minimum absolute atomic E-state index is 0.154. The molecule has 0 aliphatic carbocycles. The molecule has 0 spiro atoms. The predicted octanol–water partition coefficient (Wildman–Crippen LogP) is 2.94. The van der Waals surface area contributed by atoms with Gasteiger partial charge in [0.05, 0.1) is 0 Å². The normalized spacial score (nSPS) is 12.5. The lowest BCUT2D eigenvalue weighted by molar-refractivity contribution is 0.531. The minimum atomic E-state index is 0.154. The van der Waals surface area contributed by atoms with Crippen LogP contribution in [-0.4, -0.2) is 6.04 Å². The van der Waals surface area contributed by atoms with Gasteiger partial charge in [0.15, 0.2) is 0 Å². The molecule has 4 heteroatoms. The Hall–Kier alpha value is -0.540. The van der Waals surface area contributed by atoms with Crippen molar-refractivity contribution in [3.05, 3.63) is 46.5 Å². The molecular formula is C11H14Cl2N2. The first kappa shape index (κ1) is 12.5. The van der Waals surface area contributed by atoms with Crippen molar-refractivity contribution in [1.82, 2.24) is 5.43 Å². The smallest absolute Gasteiger partial charge is 0.0453 e. The van der Waals surface area contributed by atoms with Crippen molar-refractivity contribution in [3.8, 4) is 0 Å². The van der Waals surface area contributed by atoms with Gasteiger partial charge in [-0.05, 0) is 30.5 Å². The van der Waals surface area contributed by atoms with E-state index >= 15 is 0 Å². The van der Waals surface area contributed by atoms with Crippen LogP contribution in [0, 0.1) is 0 Å². The van der Waals surface area contributed by atoms with E-state index < -0.39 is 0 Å². The van der Waals surface area contributed by atoms with Gasteiger partial charge in [-0.25, -0.2) is 0 Å². The number of hydrogen-bond acceptors (Lipinski definition) is 2. The van der Waals surface area contributed by atoms with Gasteiger partial charge in [-0.1, -0.05) is 35.3 Å². The molecule has 0 saturated carbocycles. The van der Waals surface area contributed by atoms with E-state index in [2.05, 4.69) is 12.0 Å². The highest BCUT2D eigenvalue weighted by Crippen LogP contribution is 2.22. The summed E-state index contributed by atoms with van der Waals surface area (Å²) in [6, 6.07) is 5.63. The van der Waals surface area contributed by atoms with E-state index in [1.807, 2.05) is 18.2 Å². The van der Waals surface area contributed by atoms with Gasteiger partial charge in [-0.3, -0.25) is 11.3 Å². The third-order valence-corrected chi connectivity index (χ3v) is 2.76. The zero-order valence-electron chi connectivity index (χ0n) is 8.34. The number of nitrogens with two attached hydrogens (primary N) is 1. The first-order chi connectivity index (χ1) is 7.17. The second kappa shape index (κ2) is 6.13. The lowest BCUT2D eigenvalue weighted by atomic mass is 10.0. The summed E-state index contributed by atoms with van der Waals surface area (Å²) in [5.74, 6) is 5.42. The van der Waals surface area contributed by atoms with Crippen LogP contribution >= 0.6 is 23.2 Å². The maximum Gasteiger partial charge on any atom is 0.0453 e. The Bertz CT molecular complexity index is 339. The average Bonchev–Trinajstić information content (AvgIpc) is 2.21. The van der Waals surface area contributed by atoms with Crippen LogP contribution in [0.5, 0.6) is 0 Å². The highest BCUT2D eigenvalue weighted by Gasteiger charge is 2.08. The molecule has 0 aliphatic rings. The molecule has 1 atom stereocenters. The van der Waals surface area contributed by atoms with Gasteiger partial charge < -0.3 is 0 Å². The van der Waals surface area contributed by atoms with Crippen LogP contribution in [-0.2, 0) is 6.42 Å². The van der Waals surface area contributed by atoms with Crippen molar-refractivity contribution in [2.75, 3.05) is 0 Å². The molecule has 0 aliphatic heterocycles. The highest BCUT2D eigenvalue weighted by molar-refractivity contribution is 6.35. The number of benzene rings is 1. The first-order valence-electron chi connectivity index (χ1n) is 4.68. The highest BCUT2D eigenvalue weighted by atomic mass is 35.5. The number of hydrogen-bond donors (Lipinski definition) is 2. The second-order valence-corrected chi connectivity index (χ2v) is 4.17. The van der Waals surface area contributed by atoms with Crippen molar-refractivity contribution in [2.45, 2.75) is 18.9 Å². The van der Waals surface area contributed by atoms with Crippen LogP contribution in [0.25, 0.3) is 0 Å². The largest absolute Gasteiger partial charge is 0.271 e. The number of hydrazine groups is 1. The summed E-state index contributed by atoms with van der Waals surface area (Å²) in [4.78, 5) is 0. The molecule has 3 N–H and O–H groups in total. The predicted molar refractivity (Wildman–Crippen MR) is 66.1 cm³/mol. The molecule has 1 unspecified atom stereocenters. The lowest BCUT2D eigenvalue weighted by Crippen LogP contribution is -2.36. The van der Waals surface area contributed by atoms with Gasteiger partial charge in [-0.15, -0.1) is 6.58 Å². The van der Waals surface area contributed by atoms with Gasteiger partial charge in [0.2, 0.25) is 0 Å². The minimum Gasteiger partial charge on any atom is -0.271 e. The molecule has 2 nitrogen and oxygen atoms in total. The summed E-state index contributed by atoms with van der Waals surface area (Å²) in [6.07, 6.45) is 3.39. The molecule has 1 rings (SSSR count). The molecule has 0 saturated heterocycles. The van der Waals surface area contributed by atoms with E-state index in [4.69, 9.17) is 29.0 Å². The molecule has 0 amide bonds. The van der Waals surface area contributed by atoms with Crippen LogP contribution in [0.1, 0.15) is 12.0 Å². The summed E-state index contributed by atoms with van der Waals surface area (Å²) < 4.78 is 0. The molecule has 0 radical (unpaired) electrons. The number of nitrogens with one attached hydrogen (secondary N) is 1. The Morgan fingerprint density at radius 3 is 2.73 bits per heavy atom. The molecule has 0 fully saturated rings. The summed E-state index contributed by atoms with van der Waals surface area (Å²) in [7, 11) is 0. The Morgan fingerprint density at radius 1 is 1.47 bits per heavy atom. The van der Waals surface area contributed by atoms with Gasteiger partial charge in [0, 0.05) is 16.1 Å². The molecular weight excluding hydrogens is 231 g/mol. The fraction of sp³-hybridized carbons (Fsp3) is 0.273. The SMILES string of the molecule is C=CCC(Cc1ccc(Cl)cc1Cl)NN. The average molecular weight is 245 g/mol. The summed E-state index contributed by atoms with van der Waals surface area (Å²) in [5.41, 5.74) is 3.76. The fourth-order valence-corrected chi connectivity index (χ4v) is 1.85. The van der Waals surface area contributed by atoms with Crippen molar-refractivity contribution >= 4 is 23.2 Å². The van der Waals surface area contributed by atoms with Gasteiger partial charge in [-0.2, -0.15) is 0 Å². The summed E-state index contributed by atoms with van der Waals surface area (Å²) in [6.45, 7) is 3.68. The van der Waals surface area contributed by atoms with E-state index in [9.17, 15) is 0 Å². The number of halogens is 2. The molecule has 0 bridgehead atoms. The van der Waals surface area contributed by atoms with Gasteiger partial charge in [0.25, 0.3) is 0 Å². The maximum absolute atomic E-state index is 6.05. The Morgan fingerprint density at radius 2 is 2.20 bits per heavy atom. The second-order valence-electron chi connectivity index (χ2n) is 3.33. The zero-order valence-corrected chi connectivity index (χ0v) is 9.85. The molecule has 0 heterocycles. The van der Waals surface area contributed by atoms with Crippen LogP contribution in [0.2, 0.25) is 10.0 Å². The molecule has 0 aromatic heterocycles.